The molecule has 3 aromatic carbocycles. The predicted molar refractivity (Wildman–Crippen MR) is 190 cm³/mol. The van der Waals surface area contributed by atoms with Crippen LogP contribution in [0.15, 0.2) is 60.7 Å². The highest BCUT2D eigenvalue weighted by Crippen LogP contribution is 2.46. The number of allylic oxidation sites excluding steroid dienone is 2. The van der Waals surface area contributed by atoms with E-state index in [1.54, 1.807) is 0 Å². The summed E-state index contributed by atoms with van der Waals surface area (Å²) < 4.78 is 54.7. The number of nitrogens with zero attached hydrogens (tertiary/aromatic N) is 2. The van der Waals surface area contributed by atoms with Gasteiger partial charge in [-0.15, -0.1) is 10.2 Å². The molecule has 4 aliphatic rings. The van der Waals surface area contributed by atoms with Crippen LogP contribution in [0.1, 0.15) is 94.9 Å². The molecule has 4 aliphatic heterocycles. The fraction of sp³-hybridized carbons (Fsp3) is 0.415. The fourth-order valence-corrected chi connectivity index (χ4v) is 8.21. The molecule has 4 heterocycles. The third-order valence-corrected chi connectivity index (χ3v) is 10.4. The zero-order valence-corrected chi connectivity index (χ0v) is 32.1. The van der Waals surface area contributed by atoms with Crippen LogP contribution < -0.4 is 43.4 Å². The van der Waals surface area contributed by atoms with E-state index in [0.717, 1.165) is 57.6 Å². The van der Waals surface area contributed by atoms with Crippen molar-refractivity contribution in [1.82, 2.24) is 4.58 Å². The number of hydrogen-bond acceptors (Lipinski definition) is 9. The number of benzene rings is 3. The average molecular weight is 731 g/mol. The maximum absolute atomic E-state index is 13.9. The van der Waals surface area contributed by atoms with Crippen LogP contribution in [0.4, 0.5) is 5.69 Å². The molecule has 0 amide bonds. The molecule has 7 rings (SSSR count). The summed E-state index contributed by atoms with van der Waals surface area (Å²) in [6, 6.07) is 16.8. The van der Waals surface area contributed by atoms with E-state index < -0.39 is 10.2 Å². The highest BCUT2D eigenvalue weighted by Gasteiger charge is 2.38. The van der Waals surface area contributed by atoms with Crippen molar-refractivity contribution in [3.8, 4) is 11.5 Å². The van der Waals surface area contributed by atoms with Crippen LogP contribution >= 0.6 is 0 Å². The summed E-state index contributed by atoms with van der Waals surface area (Å²) in [5.41, 5.74) is 8.94. The van der Waals surface area contributed by atoms with Gasteiger partial charge in [-0.3, -0.25) is 0 Å². The van der Waals surface area contributed by atoms with Crippen molar-refractivity contribution < 1.29 is 47.9 Å². The lowest BCUT2D eigenvalue weighted by Crippen LogP contribution is -2.68. The summed E-state index contributed by atoms with van der Waals surface area (Å²) in [6.07, 6.45) is 4.70. The Kier molecular flexibility index (Phi) is 9.74. The van der Waals surface area contributed by atoms with E-state index in [9.17, 15) is 4.79 Å². The molecular weight excluding hydrogens is 684 g/mol. The molecular formula is C41H47ClN2O8. The largest absolute Gasteiger partial charge is 0.461 e. The van der Waals surface area contributed by atoms with Gasteiger partial charge in [-0.05, 0) is 82.5 Å². The van der Waals surface area contributed by atoms with Crippen LogP contribution in [0.5, 0.6) is 11.5 Å². The first-order valence-electron chi connectivity index (χ1n) is 17.6. The van der Waals surface area contributed by atoms with Gasteiger partial charge in [0, 0.05) is 65.0 Å². The molecule has 3 aromatic rings. The summed E-state index contributed by atoms with van der Waals surface area (Å²) in [5.74, 6) is 1.27. The molecule has 52 heavy (non-hydrogen) atoms. The fourth-order valence-electron chi connectivity index (χ4n) is 8.21. The van der Waals surface area contributed by atoms with E-state index in [-0.39, 0.29) is 22.5 Å². The standard InChI is InChI=1S/C41H47N2O4.ClHO4/c1-10-42-33-18-35-31(16-29(33)25(3)20-39(42,5)6)37(27-14-12-13-15-28(27)38(44)46-24-41(9)22-45-23-41)32-17-30-26(4)21-40(7,8)43(11-2)34(30)19-36(32)47-35;2-1(3,4)5/h12-21H,10-11,22-24H2,1-9H3;(H,2,3,4,5)/q+1;/p-1. The Morgan fingerprint density at radius 3 is 2.13 bits per heavy atom. The van der Waals surface area contributed by atoms with Gasteiger partial charge in [0.1, 0.15) is 24.7 Å². The quantitative estimate of drug-likeness (QED) is 0.216. The van der Waals surface area contributed by atoms with Crippen molar-refractivity contribution >= 4 is 28.4 Å². The molecule has 0 N–H and O–H groups in total. The van der Waals surface area contributed by atoms with Crippen molar-refractivity contribution in [2.24, 2.45) is 5.41 Å². The monoisotopic (exact) mass is 730 g/mol. The van der Waals surface area contributed by atoms with Gasteiger partial charge in [0.05, 0.1) is 30.4 Å². The van der Waals surface area contributed by atoms with Crippen LogP contribution in [-0.4, -0.2) is 50.0 Å². The second kappa shape index (κ2) is 13.4. The summed E-state index contributed by atoms with van der Waals surface area (Å²) in [4.78, 5) is 16.3. The first-order chi connectivity index (χ1) is 24.3. The average Bonchev–Trinajstić information content (AvgIpc) is 3.03. The molecule has 0 radical (unpaired) electrons. The molecule has 0 aromatic heterocycles. The Morgan fingerprint density at radius 2 is 1.52 bits per heavy atom. The van der Waals surface area contributed by atoms with Gasteiger partial charge in [-0.2, -0.15) is 0 Å². The van der Waals surface area contributed by atoms with Crippen LogP contribution in [0.25, 0.3) is 16.7 Å². The molecule has 0 atom stereocenters. The number of halogens is 1. The Balaban J connectivity index is 0.000000870. The first kappa shape index (κ1) is 37.7. The van der Waals surface area contributed by atoms with Crippen LogP contribution in [0, 0.1) is 15.7 Å². The van der Waals surface area contributed by atoms with Gasteiger partial charge in [0.15, 0.2) is 5.54 Å². The van der Waals surface area contributed by atoms with Gasteiger partial charge in [0.2, 0.25) is 5.36 Å². The highest BCUT2D eigenvalue weighted by atomic mass is 35.7. The van der Waals surface area contributed by atoms with E-state index in [1.165, 1.54) is 22.3 Å². The van der Waals surface area contributed by atoms with Gasteiger partial charge in [0.25, 0.3) is 0 Å². The highest BCUT2D eigenvalue weighted by molar-refractivity contribution is 6.00. The Morgan fingerprint density at radius 1 is 0.865 bits per heavy atom. The minimum absolute atomic E-state index is 0.131. The Hall–Kier alpha value is -4.03. The lowest BCUT2D eigenvalue weighted by atomic mass is 9.83. The van der Waals surface area contributed by atoms with E-state index in [1.807, 2.05) is 24.3 Å². The van der Waals surface area contributed by atoms with Crippen LogP contribution in [-0.2, 0) is 9.47 Å². The maximum atomic E-state index is 13.9. The van der Waals surface area contributed by atoms with Crippen LogP contribution in [0.3, 0.4) is 0 Å². The van der Waals surface area contributed by atoms with Crippen molar-refractivity contribution in [1.29, 1.82) is 0 Å². The molecule has 1 fully saturated rings. The number of carbonyl (C=O) groups is 1. The lowest BCUT2D eigenvalue weighted by molar-refractivity contribution is -2.00. The van der Waals surface area contributed by atoms with Crippen LogP contribution in [0.2, 0.25) is 0 Å². The summed E-state index contributed by atoms with van der Waals surface area (Å²) in [5, 5.41) is 2.14. The topological polar surface area (TPSA) is 143 Å². The number of ether oxygens (including phenoxy) is 3. The predicted octanol–water partition coefficient (Wildman–Crippen LogP) is 2.21. The normalized spacial score (nSPS) is 18.9. The number of hydrogen-bond donors (Lipinski definition) is 0. The van der Waals surface area contributed by atoms with Crippen molar-refractivity contribution in [3.63, 3.8) is 0 Å². The summed E-state index contributed by atoms with van der Waals surface area (Å²) in [6.45, 7) is 23.2. The molecule has 276 valence electrons. The third-order valence-electron chi connectivity index (χ3n) is 10.4. The van der Waals surface area contributed by atoms with Crippen molar-refractivity contribution in [2.75, 3.05) is 37.8 Å². The number of carbonyl (C=O) groups excluding carboxylic acids is 1. The summed E-state index contributed by atoms with van der Waals surface area (Å²) in [7, 11) is -4.94. The SMILES string of the molecule is CCN1c2cc3c(cc2C(C)=CC1(C)C)C(c1ccccc1C(=O)OCC1(C)COC1)=c1cc2c(cc1O3)=[N+](CC)C(C)(C)C=C2C.[O-][Cl+3]([O-])([O-])[O-]. The Labute approximate surface area is 307 Å². The third kappa shape index (κ3) is 7.03. The zero-order chi connectivity index (χ0) is 38.0. The number of fused-ring (bicyclic) bond motifs is 4. The van der Waals surface area contributed by atoms with Gasteiger partial charge >= 0.3 is 5.97 Å². The van der Waals surface area contributed by atoms with E-state index in [2.05, 4.69) is 108 Å². The van der Waals surface area contributed by atoms with E-state index >= 15 is 0 Å². The maximum Gasteiger partial charge on any atom is 0.338 e. The van der Waals surface area contributed by atoms with Crippen molar-refractivity contribution in [3.05, 3.63) is 99.1 Å². The van der Waals surface area contributed by atoms with Gasteiger partial charge < -0.3 is 19.1 Å². The Bertz CT molecular complexity index is 2130. The molecule has 11 heteroatoms. The minimum atomic E-state index is -4.94. The molecule has 0 unspecified atom stereocenters. The number of anilines is 1. The molecule has 0 bridgehead atoms. The molecule has 0 spiro atoms. The zero-order valence-electron chi connectivity index (χ0n) is 31.3. The molecule has 10 nitrogen and oxygen atoms in total. The minimum Gasteiger partial charge on any atom is -0.461 e. The van der Waals surface area contributed by atoms with E-state index in [0.29, 0.717) is 25.4 Å². The first-order valence-corrected chi connectivity index (χ1v) is 18.8. The number of rotatable bonds is 6. The molecule has 0 saturated carbocycles. The molecule has 0 aliphatic carbocycles. The second-order valence-electron chi connectivity index (χ2n) is 15.5. The lowest BCUT2D eigenvalue weighted by Gasteiger charge is -2.43. The summed E-state index contributed by atoms with van der Waals surface area (Å²) >= 11 is 0. The number of likely N-dealkylation sites (N-methyl/N-ethyl adjacent to an activating group) is 2. The van der Waals surface area contributed by atoms with Gasteiger partial charge in [-0.25, -0.2) is 28.0 Å². The van der Waals surface area contributed by atoms with E-state index in [4.69, 9.17) is 32.8 Å². The smallest absolute Gasteiger partial charge is 0.338 e. The molecule has 1 saturated heterocycles. The van der Waals surface area contributed by atoms with Gasteiger partial charge in [-0.1, -0.05) is 31.2 Å². The number of esters is 1. The second-order valence-corrected chi connectivity index (χ2v) is 16.2. The van der Waals surface area contributed by atoms with Crippen molar-refractivity contribution in [2.45, 2.75) is 73.4 Å².